The number of hydrogen-bond acceptors (Lipinski definition) is 4. The summed E-state index contributed by atoms with van der Waals surface area (Å²) in [6, 6.07) is 6.86. The van der Waals surface area contributed by atoms with Crippen LogP contribution >= 0.6 is 0 Å². The smallest absolute Gasteiger partial charge is 0.257 e. The van der Waals surface area contributed by atoms with Crippen LogP contribution in [0.3, 0.4) is 0 Å². The SMILES string of the molecule is COc1ccc(C(=O)N2CCC(C#N)CC2)c(O)c1. The number of phenolic OH excluding ortho intramolecular Hbond substituents is 1. The highest BCUT2D eigenvalue weighted by molar-refractivity contribution is 5.97. The van der Waals surface area contributed by atoms with Crippen LogP contribution in [-0.2, 0) is 0 Å². The third-order valence-electron chi connectivity index (χ3n) is 3.40. The zero-order valence-corrected chi connectivity index (χ0v) is 10.8. The van der Waals surface area contributed by atoms with E-state index >= 15 is 0 Å². The van der Waals surface area contributed by atoms with Crippen molar-refractivity contribution < 1.29 is 14.6 Å². The van der Waals surface area contributed by atoms with Gasteiger partial charge in [0.25, 0.3) is 5.91 Å². The predicted octanol–water partition coefficient (Wildman–Crippen LogP) is 1.78. The number of nitriles is 1. The molecule has 0 spiro atoms. The van der Waals surface area contributed by atoms with Gasteiger partial charge in [0, 0.05) is 25.1 Å². The molecule has 0 aliphatic carbocycles. The highest BCUT2D eigenvalue weighted by Gasteiger charge is 2.25. The zero-order chi connectivity index (χ0) is 13.8. The molecule has 19 heavy (non-hydrogen) atoms. The van der Waals surface area contributed by atoms with Crippen LogP contribution in [0.5, 0.6) is 11.5 Å². The van der Waals surface area contributed by atoms with Crippen LogP contribution in [0.1, 0.15) is 23.2 Å². The van der Waals surface area contributed by atoms with Crippen LogP contribution in [0.4, 0.5) is 0 Å². The van der Waals surface area contributed by atoms with Gasteiger partial charge in [-0.15, -0.1) is 0 Å². The van der Waals surface area contributed by atoms with Crippen LogP contribution in [0.15, 0.2) is 18.2 Å². The minimum atomic E-state index is -0.198. The lowest BCUT2D eigenvalue weighted by Gasteiger charge is -2.29. The van der Waals surface area contributed by atoms with E-state index in [1.165, 1.54) is 13.2 Å². The number of hydrogen-bond donors (Lipinski definition) is 1. The van der Waals surface area contributed by atoms with Crippen LogP contribution < -0.4 is 4.74 Å². The lowest BCUT2D eigenvalue weighted by Crippen LogP contribution is -2.38. The number of likely N-dealkylation sites (tertiary alicyclic amines) is 1. The molecule has 1 saturated heterocycles. The first-order valence-electron chi connectivity index (χ1n) is 6.21. The Morgan fingerprint density at radius 1 is 1.47 bits per heavy atom. The Morgan fingerprint density at radius 3 is 2.68 bits per heavy atom. The number of nitrogens with zero attached hydrogens (tertiary/aromatic N) is 2. The van der Waals surface area contributed by atoms with Crippen LogP contribution in [0.25, 0.3) is 0 Å². The third kappa shape index (κ3) is 2.79. The summed E-state index contributed by atoms with van der Waals surface area (Å²) in [6.45, 7) is 1.12. The second-order valence-corrected chi connectivity index (χ2v) is 4.58. The molecular weight excluding hydrogens is 244 g/mol. The zero-order valence-electron chi connectivity index (χ0n) is 10.8. The Kier molecular flexibility index (Phi) is 3.91. The molecule has 1 amide bonds. The summed E-state index contributed by atoms with van der Waals surface area (Å²) < 4.78 is 4.98. The average Bonchev–Trinajstić information content (AvgIpc) is 2.46. The molecule has 1 aliphatic rings. The molecule has 5 heteroatoms. The third-order valence-corrected chi connectivity index (χ3v) is 3.40. The standard InChI is InChI=1S/C14H16N2O3/c1-19-11-2-3-12(13(17)8-11)14(18)16-6-4-10(9-15)5-7-16/h2-3,8,10,17H,4-7H2,1H3. The number of benzene rings is 1. The highest BCUT2D eigenvalue weighted by Crippen LogP contribution is 2.26. The van der Waals surface area contributed by atoms with Crippen LogP contribution in [0.2, 0.25) is 0 Å². The second kappa shape index (κ2) is 5.61. The molecule has 5 nitrogen and oxygen atoms in total. The van der Waals surface area contributed by atoms with Gasteiger partial charge in [-0.05, 0) is 25.0 Å². The summed E-state index contributed by atoms with van der Waals surface area (Å²) in [5.74, 6) is 0.272. The van der Waals surface area contributed by atoms with E-state index in [-0.39, 0.29) is 23.1 Å². The van der Waals surface area contributed by atoms with Gasteiger partial charge in [-0.3, -0.25) is 4.79 Å². The maximum absolute atomic E-state index is 12.3. The molecule has 0 aromatic heterocycles. The quantitative estimate of drug-likeness (QED) is 0.879. The maximum Gasteiger partial charge on any atom is 0.257 e. The van der Waals surface area contributed by atoms with Gasteiger partial charge in [-0.1, -0.05) is 0 Å². The van der Waals surface area contributed by atoms with Crippen molar-refractivity contribution in [2.24, 2.45) is 5.92 Å². The van der Waals surface area contributed by atoms with Gasteiger partial charge in [0.2, 0.25) is 0 Å². The Labute approximate surface area is 112 Å². The highest BCUT2D eigenvalue weighted by atomic mass is 16.5. The van der Waals surface area contributed by atoms with Crippen molar-refractivity contribution in [3.8, 4) is 17.6 Å². The van der Waals surface area contributed by atoms with E-state index in [1.54, 1.807) is 17.0 Å². The van der Waals surface area contributed by atoms with Crippen molar-refractivity contribution in [3.05, 3.63) is 23.8 Å². The lowest BCUT2D eigenvalue weighted by molar-refractivity contribution is 0.0704. The Bertz CT molecular complexity index is 514. The van der Waals surface area contributed by atoms with Gasteiger partial charge in [-0.2, -0.15) is 5.26 Å². The second-order valence-electron chi connectivity index (χ2n) is 4.58. The number of aromatic hydroxyl groups is 1. The topological polar surface area (TPSA) is 73.6 Å². The fraction of sp³-hybridized carbons (Fsp3) is 0.429. The van der Waals surface area contributed by atoms with E-state index in [4.69, 9.17) is 10.00 Å². The normalized spacial score (nSPS) is 15.9. The molecule has 1 N–H and O–H groups in total. The van der Waals surface area contributed by atoms with E-state index in [2.05, 4.69) is 6.07 Å². The summed E-state index contributed by atoms with van der Waals surface area (Å²) in [6.07, 6.45) is 1.39. The Balaban J connectivity index is 2.10. The summed E-state index contributed by atoms with van der Waals surface area (Å²) >= 11 is 0. The fourth-order valence-corrected chi connectivity index (χ4v) is 2.20. The predicted molar refractivity (Wildman–Crippen MR) is 68.9 cm³/mol. The van der Waals surface area contributed by atoms with Gasteiger partial charge < -0.3 is 14.7 Å². The molecule has 1 aliphatic heterocycles. The van der Waals surface area contributed by atoms with Crippen molar-refractivity contribution in [1.82, 2.24) is 4.90 Å². The minimum Gasteiger partial charge on any atom is -0.507 e. The Morgan fingerprint density at radius 2 is 2.16 bits per heavy atom. The number of rotatable bonds is 2. The van der Waals surface area contributed by atoms with Crippen molar-refractivity contribution >= 4 is 5.91 Å². The van der Waals surface area contributed by atoms with Gasteiger partial charge in [0.1, 0.15) is 11.5 Å². The Hall–Kier alpha value is -2.22. The molecule has 0 radical (unpaired) electrons. The largest absolute Gasteiger partial charge is 0.507 e. The van der Waals surface area contributed by atoms with E-state index in [1.807, 2.05) is 0 Å². The number of phenols is 1. The van der Waals surface area contributed by atoms with Crippen molar-refractivity contribution in [1.29, 1.82) is 5.26 Å². The van der Waals surface area contributed by atoms with E-state index in [0.29, 0.717) is 31.7 Å². The minimum absolute atomic E-state index is 0.0357. The molecule has 0 saturated carbocycles. The van der Waals surface area contributed by atoms with E-state index in [9.17, 15) is 9.90 Å². The molecule has 1 aromatic rings. The number of ether oxygens (including phenoxy) is 1. The van der Waals surface area contributed by atoms with Gasteiger partial charge in [0.05, 0.1) is 18.7 Å². The van der Waals surface area contributed by atoms with Crippen molar-refractivity contribution in [2.75, 3.05) is 20.2 Å². The molecule has 100 valence electrons. The van der Waals surface area contributed by atoms with E-state index < -0.39 is 0 Å². The number of carbonyl (C=O) groups is 1. The molecule has 0 atom stereocenters. The maximum atomic E-state index is 12.3. The molecule has 0 unspecified atom stereocenters. The number of carbonyl (C=O) groups excluding carboxylic acids is 1. The average molecular weight is 260 g/mol. The van der Waals surface area contributed by atoms with Gasteiger partial charge in [0.15, 0.2) is 0 Å². The molecule has 0 bridgehead atoms. The van der Waals surface area contributed by atoms with Crippen molar-refractivity contribution in [3.63, 3.8) is 0 Å². The van der Waals surface area contributed by atoms with Crippen molar-refractivity contribution in [2.45, 2.75) is 12.8 Å². The number of methoxy groups -OCH3 is 1. The molecule has 2 rings (SSSR count). The molecule has 1 fully saturated rings. The lowest BCUT2D eigenvalue weighted by atomic mass is 9.98. The summed E-state index contributed by atoms with van der Waals surface area (Å²) in [5.41, 5.74) is 0.274. The fourth-order valence-electron chi connectivity index (χ4n) is 2.20. The number of amides is 1. The van der Waals surface area contributed by atoms with Gasteiger partial charge >= 0.3 is 0 Å². The van der Waals surface area contributed by atoms with Gasteiger partial charge in [-0.25, -0.2) is 0 Å². The molecule has 1 heterocycles. The summed E-state index contributed by atoms with van der Waals surface area (Å²) in [5, 5.41) is 18.7. The van der Waals surface area contributed by atoms with Crippen LogP contribution in [0, 0.1) is 17.2 Å². The summed E-state index contributed by atoms with van der Waals surface area (Å²) in [7, 11) is 1.50. The summed E-state index contributed by atoms with van der Waals surface area (Å²) in [4.78, 5) is 13.9. The first-order chi connectivity index (χ1) is 9.15. The monoisotopic (exact) mass is 260 g/mol. The molecular formula is C14H16N2O3. The first-order valence-corrected chi connectivity index (χ1v) is 6.21. The van der Waals surface area contributed by atoms with Crippen LogP contribution in [-0.4, -0.2) is 36.1 Å². The number of piperidine rings is 1. The van der Waals surface area contributed by atoms with E-state index in [0.717, 1.165) is 0 Å². The first kappa shape index (κ1) is 13.2. The molecule has 1 aromatic carbocycles.